The average molecular weight is 391 g/mol. The van der Waals surface area contributed by atoms with Crippen LogP contribution in [-0.4, -0.2) is 15.7 Å². The van der Waals surface area contributed by atoms with Gasteiger partial charge in [-0.15, -0.1) is 0 Å². The summed E-state index contributed by atoms with van der Waals surface area (Å²) in [5.74, 6) is -0.329. The fourth-order valence-corrected chi connectivity index (χ4v) is 2.55. The molecule has 1 aromatic carbocycles. The molecule has 7 heteroatoms. The predicted octanol–water partition coefficient (Wildman–Crippen LogP) is 3.00. The number of benzene rings is 1. The lowest BCUT2D eigenvalue weighted by Gasteiger charge is -2.06. The van der Waals surface area contributed by atoms with Crippen molar-refractivity contribution in [3.05, 3.63) is 38.7 Å². The quantitative estimate of drug-likeness (QED) is 0.791. The number of anilines is 2. The van der Waals surface area contributed by atoms with Gasteiger partial charge in [0.05, 0.1) is 11.4 Å². The van der Waals surface area contributed by atoms with E-state index in [2.05, 4.69) is 33.0 Å². The molecule has 5 nitrogen and oxygen atoms in total. The first kappa shape index (κ1) is 14.1. The Hall–Kier alpha value is -1.28. The molecule has 0 atom stereocenters. The molecule has 100 valence electrons. The number of carbonyl (C=O) groups excluding carboxylic acids is 1. The van der Waals surface area contributed by atoms with E-state index in [1.54, 1.807) is 29.1 Å². The molecule has 0 spiro atoms. The zero-order valence-corrected chi connectivity index (χ0v) is 13.1. The second-order valence-corrected chi connectivity index (χ2v) is 5.47. The highest BCUT2D eigenvalue weighted by molar-refractivity contribution is 14.1. The molecule has 0 saturated carbocycles. The second kappa shape index (κ2) is 5.79. The lowest BCUT2D eigenvalue weighted by atomic mass is 10.3. The fraction of sp³-hybridized carbons (Fsp3) is 0.167. The minimum Gasteiger partial charge on any atom is -0.396 e. The predicted molar refractivity (Wildman–Crippen MR) is 84.4 cm³/mol. The van der Waals surface area contributed by atoms with Crippen LogP contribution >= 0.6 is 34.2 Å². The van der Waals surface area contributed by atoms with Crippen molar-refractivity contribution in [2.75, 3.05) is 11.1 Å². The smallest absolute Gasteiger partial charge is 0.278 e. The number of nitrogen functional groups attached to an aromatic ring is 1. The average Bonchev–Trinajstić information content (AvgIpc) is 2.74. The Morgan fingerprint density at radius 3 is 2.89 bits per heavy atom. The van der Waals surface area contributed by atoms with Gasteiger partial charge in [0.25, 0.3) is 5.91 Å². The molecule has 0 aliphatic rings. The number of nitrogens with zero attached hydrogens (tertiary/aromatic N) is 2. The lowest BCUT2D eigenvalue weighted by molar-refractivity contribution is 0.102. The lowest BCUT2D eigenvalue weighted by Crippen LogP contribution is -2.15. The summed E-state index contributed by atoms with van der Waals surface area (Å²) in [4.78, 5) is 12.1. The summed E-state index contributed by atoms with van der Waals surface area (Å²) in [7, 11) is 0. The highest BCUT2D eigenvalue weighted by atomic mass is 127. The van der Waals surface area contributed by atoms with Gasteiger partial charge >= 0.3 is 0 Å². The highest BCUT2D eigenvalue weighted by Gasteiger charge is 2.15. The van der Waals surface area contributed by atoms with Crippen molar-refractivity contribution < 1.29 is 4.79 Å². The van der Waals surface area contributed by atoms with E-state index in [0.717, 1.165) is 3.57 Å². The molecule has 2 rings (SSSR count). The van der Waals surface area contributed by atoms with Crippen LogP contribution in [0.2, 0.25) is 5.02 Å². The van der Waals surface area contributed by atoms with Crippen molar-refractivity contribution >= 4 is 51.5 Å². The summed E-state index contributed by atoms with van der Waals surface area (Å²) in [6.45, 7) is 2.59. The Balaban J connectivity index is 2.23. The van der Waals surface area contributed by atoms with E-state index < -0.39 is 0 Å². The van der Waals surface area contributed by atoms with Gasteiger partial charge in [-0.05, 0) is 47.7 Å². The van der Waals surface area contributed by atoms with Crippen LogP contribution in [0.3, 0.4) is 0 Å². The Labute approximate surface area is 129 Å². The van der Waals surface area contributed by atoms with Gasteiger partial charge in [0.2, 0.25) is 0 Å². The Kier molecular flexibility index (Phi) is 4.31. The van der Waals surface area contributed by atoms with Crippen molar-refractivity contribution in [1.29, 1.82) is 0 Å². The molecule has 0 aliphatic heterocycles. The van der Waals surface area contributed by atoms with Crippen LogP contribution in [0, 0.1) is 3.57 Å². The molecule has 0 radical (unpaired) electrons. The van der Waals surface area contributed by atoms with Gasteiger partial charge < -0.3 is 11.1 Å². The molecule has 1 aromatic heterocycles. The molecule has 1 amide bonds. The van der Waals surface area contributed by atoms with Gasteiger partial charge in [-0.3, -0.25) is 9.48 Å². The molecular weight excluding hydrogens is 379 g/mol. The van der Waals surface area contributed by atoms with Gasteiger partial charge in [0.1, 0.15) is 0 Å². The van der Waals surface area contributed by atoms with Gasteiger partial charge in [-0.1, -0.05) is 11.6 Å². The topological polar surface area (TPSA) is 72.9 Å². The Bertz CT molecular complexity index is 626. The summed E-state index contributed by atoms with van der Waals surface area (Å²) in [5.41, 5.74) is 7.04. The van der Waals surface area contributed by atoms with Crippen LogP contribution in [0.5, 0.6) is 0 Å². The first-order valence-corrected chi connectivity index (χ1v) is 7.06. The highest BCUT2D eigenvalue weighted by Crippen LogP contribution is 2.23. The second-order valence-electron chi connectivity index (χ2n) is 3.87. The van der Waals surface area contributed by atoms with Gasteiger partial charge in [0, 0.05) is 21.3 Å². The number of halogens is 2. The number of hydrogen-bond acceptors (Lipinski definition) is 3. The third kappa shape index (κ3) is 3.19. The third-order valence-electron chi connectivity index (χ3n) is 2.51. The monoisotopic (exact) mass is 390 g/mol. The number of amides is 1. The number of aryl methyl sites for hydroxylation is 1. The largest absolute Gasteiger partial charge is 0.396 e. The first-order valence-electron chi connectivity index (χ1n) is 5.60. The van der Waals surface area contributed by atoms with Crippen LogP contribution in [0.15, 0.2) is 24.4 Å². The zero-order chi connectivity index (χ0) is 14.0. The molecule has 0 bridgehead atoms. The first-order chi connectivity index (χ1) is 9.01. The SMILES string of the molecule is CCn1cc(N)c(C(=O)Nc2ccc(Cl)cc2I)n1. The minimum atomic E-state index is -0.329. The van der Waals surface area contributed by atoms with Gasteiger partial charge in [0.15, 0.2) is 5.69 Å². The number of aromatic nitrogens is 2. The van der Waals surface area contributed by atoms with Crippen molar-refractivity contribution in [3.63, 3.8) is 0 Å². The van der Waals surface area contributed by atoms with Crippen LogP contribution in [0.4, 0.5) is 11.4 Å². The van der Waals surface area contributed by atoms with E-state index >= 15 is 0 Å². The molecule has 2 aromatic rings. The summed E-state index contributed by atoms with van der Waals surface area (Å²) in [6.07, 6.45) is 1.64. The van der Waals surface area contributed by atoms with Crippen molar-refractivity contribution in [2.24, 2.45) is 0 Å². The summed E-state index contributed by atoms with van der Waals surface area (Å²) >= 11 is 7.97. The van der Waals surface area contributed by atoms with E-state index in [9.17, 15) is 4.79 Å². The maximum absolute atomic E-state index is 12.1. The van der Waals surface area contributed by atoms with Crippen molar-refractivity contribution in [3.8, 4) is 0 Å². The minimum absolute atomic E-state index is 0.229. The van der Waals surface area contributed by atoms with E-state index in [0.29, 0.717) is 22.9 Å². The summed E-state index contributed by atoms with van der Waals surface area (Å²) in [5, 5.41) is 7.52. The van der Waals surface area contributed by atoms with E-state index in [4.69, 9.17) is 17.3 Å². The van der Waals surface area contributed by atoms with Crippen molar-refractivity contribution in [1.82, 2.24) is 9.78 Å². The number of carbonyl (C=O) groups is 1. The van der Waals surface area contributed by atoms with Crippen LogP contribution in [0.1, 0.15) is 17.4 Å². The summed E-state index contributed by atoms with van der Waals surface area (Å²) in [6, 6.07) is 5.23. The molecule has 3 N–H and O–H groups in total. The molecule has 19 heavy (non-hydrogen) atoms. The van der Waals surface area contributed by atoms with E-state index in [-0.39, 0.29) is 11.6 Å². The normalized spacial score (nSPS) is 10.5. The third-order valence-corrected chi connectivity index (χ3v) is 3.64. The molecule has 0 saturated heterocycles. The maximum Gasteiger partial charge on any atom is 0.278 e. The molecular formula is C12H12ClIN4O. The Morgan fingerprint density at radius 2 is 2.32 bits per heavy atom. The molecule has 0 unspecified atom stereocenters. The van der Waals surface area contributed by atoms with Crippen LogP contribution in [-0.2, 0) is 6.54 Å². The van der Waals surface area contributed by atoms with E-state index in [1.165, 1.54) is 0 Å². The zero-order valence-electron chi connectivity index (χ0n) is 10.2. The van der Waals surface area contributed by atoms with Gasteiger partial charge in [-0.25, -0.2) is 0 Å². The van der Waals surface area contributed by atoms with Crippen molar-refractivity contribution in [2.45, 2.75) is 13.5 Å². The van der Waals surface area contributed by atoms with Crippen LogP contribution in [0.25, 0.3) is 0 Å². The van der Waals surface area contributed by atoms with Gasteiger partial charge in [-0.2, -0.15) is 5.10 Å². The van der Waals surface area contributed by atoms with Crippen LogP contribution < -0.4 is 11.1 Å². The number of hydrogen-bond donors (Lipinski definition) is 2. The summed E-state index contributed by atoms with van der Waals surface area (Å²) < 4.78 is 2.48. The molecule has 1 heterocycles. The Morgan fingerprint density at radius 1 is 1.58 bits per heavy atom. The maximum atomic E-state index is 12.1. The van der Waals surface area contributed by atoms with E-state index in [1.807, 2.05) is 6.92 Å². The number of nitrogens with one attached hydrogen (secondary N) is 1. The molecule has 0 aliphatic carbocycles. The number of nitrogens with two attached hydrogens (primary N) is 1. The fourth-order valence-electron chi connectivity index (χ4n) is 1.55. The number of rotatable bonds is 3. The molecule has 0 fully saturated rings. The standard InChI is InChI=1S/C12H12ClIN4O/c1-2-18-6-9(15)11(17-18)12(19)16-10-4-3-7(13)5-8(10)14/h3-6H,2,15H2,1H3,(H,16,19).